The van der Waals surface area contributed by atoms with Crippen molar-refractivity contribution in [1.29, 1.82) is 0 Å². The number of amides is 1. The fraction of sp³-hybridized carbons (Fsp3) is 0.318. The number of aryl methyl sites for hydroxylation is 2. The zero-order chi connectivity index (χ0) is 20.1. The van der Waals surface area contributed by atoms with Gasteiger partial charge in [-0.2, -0.15) is 5.10 Å². The summed E-state index contributed by atoms with van der Waals surface area (Å²) in [4.78, 5) is 14.5. The number of amidine groups is 1. The SMILES string of the molecule is CC[C@H]1S/C(=N/N=C\c2ccc(C)cc2C)N(Cc2ccc(OC)cc2)C1=O. The van der Waals surface area contributed by atoms with E-state index < -0.39 is 0 Å². The molecular formula is C22H25N3O2S. The van der Waals surface area contributed by atoms with Crippen LogP contribution in [0.3, 0.4) is 0 Å². The molecule has 5 nitrogen and oxygen atoms in total. The molecule has 0 saturated carbocycles. The van der Waals surface area contributed by atoms with E-state index in [1.165, 1.54) is 17.3 Å². The molecule has 2 aromatic carbocycles. The molecule has 2 aromatic rings. The van der Waals surface area contributed by atoms with Crippen molar-refractivity contribution in [3.8, 4) is 5.75 Å². The number of hydrogen-bond acceptors (Lipinski definition) is 5. The third-order valence-electron chi connectivity index (χ3n) is 4.66. The number of nitrogens with zero attached hydrogens (tertiary/aromatic N) is 3. The van der Waals surface area contributed by atoms with Gasteiger partial charge in [0.2, 0.25) is 5.91 Å². The molecule has 1 saturated heterocycles. The summed E-state index contributed by atoms with van der Waals surface area (Å²) in [5.74, 6) is 0.882. The monoisotopic (exact) mass is 395 g/mol. The van der Waals surface area contributed by atoms with Gasteiger partial charge in [0.1, 0.15) is 5.75 Å². The second-order valence-corrected chi connectivity index (χ2v) is 7.94. The summed E-state index contributed by atoms with van der Waals surface area (Å²) in [6.07, 6.45) is 2.51. The molecule has 0 spiro atoms. The molecular weight excluding hydrogens is 370 g/mol. The smallest absolute Gasteiger partial charge is 0.242 e. The summed E-state index contributed by atoms with van der Waals surface area (Å²) in [5, 5.41) is 9.18. The first kappa shape index (κ1) is 20.1. The van der Waals surface area contributed by atoms with Crippen molar-refractivity contribution in [2.75, 3.05) is 7.11 Å². The molecule has 0 aliphatic carbocycles. The third-order valence-corrected chi connectivity index (χ3v) is 5.99. The quantitative estimate of drug-likeness (QED) is 0.532. The van der Waals surface area contributed by atoms with Crippen LogP contribution in [0.15, 0.2) is 52.7 Å². The van der Waals surface area contributed by atoms with E-state index in [1.807, 2.05) is 37.3 Å². The van der Waals surface area contributed by atoms with Gasteiger partial charge in [0.15, 0.2) is 5.17 Å². The van der Waals surface area contributed by atoms with Crippen molar-refractivity contribution in [3.63, 3.8) is 0 Å². The molecule has 0 bridgehead atoms. The predicted octanol–water partition coefficient (Wildman–Crippen LogP) is 4.56. The normalized spacial score (nSPS) is 18.4. The van der Waals surface area contributed by atoms with E-state index in [9.17, 15) is 4.79 Å². The number of carbonyl (C=O) groups is 1. The van der Waals surface area contributed by atoms with Crippen LogP contribution in [0.1, 0.15) is 35.6 Å². The van der Waals surface area contributed by atoms with Gasteiger partial charge < -0.3 is 4.74 Å². The van der Waals surface area contributed by atoms with Crippen molar-refractivity contribution in [2.24, 2.45) is 10.2 Å². The molecule has 146 valence electrons. The van der Waals surface area contributed by atoms with Crippen LogP contribution in [0.4, 0.5) is 0 Å². The van der Waals surface area contributed by atoms with Crippen molar-refractivity contribution in [1.82, 2.24) is 4.90 Å². The molecule has 1 atom stereocenters. The van der Waals surface area contributed by atoms with Gasteiger partial charge in [-0.25, -0.2) is 0 Å². The van der Waals surface area contributed by atoms with Crippen LogP contribution in [-0.2, 0) is 11.3 Å². The van der Waals surface area contributed by atoms with Gasteiger partial charge >= 0.3 is 0 Å². The Morgan fingerprint density at radius 2 is 1.93 bits per heavy atom. The fourth-order valence-electron chi connectivity index (χ4n) is 3.01. The molecule has 3 rings (SSSR count). The predicted molar refractivity (Wildman–Crippen MR) is 116 cm³/mol. The van der Waals surface area contributed by atoms with Gasteiger partial charge in [0.25, 0.3) is 0 Å². The summed E-state index contributed by atoms with van der Waals surface area (Å²) in [6, 6.07) is 13.9. The Morgan fingerprint density at radius 3 is 2.57 bits per heavy atom. The Morgan fingerprint density at radius 1 is 1.18 bits per heavy atom. The van der Waals surface area contributed by atoms with Crippen molar-refractivity contribution < 1.29 is 9.53 Å². The average Bonchev–Trinajstić information content (AvgIpc) is 2.99. The number of thioether (sulfide) groups is 1. The molecule has 0 radical (unpaired) electrons. The summed E-state index contributed by atoms with van der Waals surface area (Å²) >= 11 is 1.48. The highest BCUT2D eigenvalue weighted by Crippen LogP contribution is 2.31. The minimum Gasteiger partial charge on any atom is -0.497 e. The second-order valence-electron chi connectivity index (χ2n) is 6.77. The standard InChI is InChI=1S/C22H25N3O2S/c1-5-20-21(26)25(14-17-7-10-19(27-4)11-8-17)22(28-20)24-23-13-18-9-6-15(2)12-16(18)3/h6-13,20H,5,14H2,1-4H3/b23-13-,24-22+/t20-/m1/s1. The third kappa shape index (κ3) is 4.62. The lowest BCUT2D eigenvalue weighted by Gasteiger charge is -2.16. The summed E-state index contributed by atoms with van der Waals surface area (Å²) in [7, 11) is 1.64. The zero-order valence-corrected chi connectivity index (χ0v) is 17.5. The van der Waals surface area contributed by atoms with Crippen LogP contribution in [0, 0.1) is 13.8 Å². The van der Waals surface area contributed by atoms with Gasteiger partial charge in [-0.15, -0.1) is 5.10 Å². The number of rotatable bonds is 6. The van der Waals surface area contributed by atoms with E-state index in [1.54, 1.807) is 18.2 Å². The van der Waals surface area contributed by atoms with Crippen molar-refractivity contribution >= 4 is 29.1 Å². The van der Waals surface area contributed by atoms with Crippen LogP contribution < -0.4 is 4.74 Å². The minimum atomic E-state index is -0.103. The Bertz CT molecular complexity index is 906. The van der Waals surface area contributed by atoms with Crippen LogP contribution in [-0.4, -0.2) is 34.5 Å². The number of methoxy groups -OCH3 is 1. The first-order valence-corrected chi connectivity index (χ1v) is 10.2. The molecule has 6 heteroatoms. The molecule has 28 heavy (non-hydrogen) atoms. The molecule has 1 heterocycles. The summed E-state index contributed by atoms with van der Waals surface area (Å²) < 4.78 is 5.20. The highest BCUT2D eigenvalue weighted by molar-refractivity contribution is 8.15. The topological polar surface area (TPSA) is 54.3 Å². The lowest BCUT2D eigenvalue weighted by Crippen LogP contribution is -2.31. The Labute approximate surface area is 170 Å². The van der Waals surface area contributed by atoms with E-state index >= 15 is 0 Å². The minimum absolute atomic E-state index is 0.0868. The van der Waals surface area contributed by atoms with E-state index in [0.29, 0.717) is 11.7 Å². The average molecular weight is 396 g/mol. The van der Waals surface area contributed by atoms with Gasteiger partial charge in [0, 0.05) is 0 Å². The fourth-order valence-corrected chi connectivity index (χ4v) is 4.04. The van der Waals surface area contributed by atoms with Gasteiger partial charge in [0.05, 0.1) is 25.1 Å². The Kier molecular flexibility index (Phi) is 6.52. The number of benzene rings is 2. The first-order chi connectivity index (χ1) is 13.5. The van der Waals surface area contributed by atoms with Crippen LogP contribution >= 0.6 is 11.8 Å². The first-order valence-electron chi connectivity index (χ1n) is 9.31. The molecule has 0 N–H and O–H groups in total. The maximum absolute atomic E-state index is 12.7. The van der Waals surface area contributed by atoms with Crippen molar-refractivity contribution in [2.45, 2.75) is 39.0 Å². The lowest BCUT2D eigenvalue weighted by molar-refractivity contribution is -0.126. The molecule has 1 amide bonds. The number of hydrogen-bond donors (Lipinski definition) is 0. The highest BCUT2D eigenvalue weighted by atomic mass is 32.2. The van der Waals surface area contributed by atoms with Crippen LogP contribution in [0.2, 0.25) is 0 Å². The van der Waals surface area contributed by atoms with E-state index in [-0.39, 0.29) is 11.2 Å². The van der Waals surface area contributed by atoms with E-state index in [2.05, 4.69) is 36.2 Å². The zero-order valence-electron chi connectivity index (χ0n) is 16.7. The maximum Gasteiger partial charge on any atom is 0.242 e. The largest absolute Gasteiger partial charge is 0.497 e. The molecule has 0 aromatic heterocycles. The Hall–Kier alpha value is -2.60. The molecule has 1 fully saturated rings. The molecule has 1 aliphatic heterocycles. The van der Waals surface area contributed by atoms with E-state index in [0.717, 1.165) is 28.9 Å². The van der Waals surface area contributed by atoms with Crippen LogP contribution in [0.5, 0.6) is 5.75 Å². The van der Waals surface area contributed by atoms with Gasteiger partial charge in [-0.1, -0.05) is 54.6 Å². The van der Waals surface area contributed by atoms with Gasteiger partial charge in [-0.05, 0) is 49.1 Å². The van der Waals surface area contributed by atoms with Crippen molar-refractivity contribution in [3.05, 3.63) is 64.7 Å². The molecule has 1 aliphatic rings. The molecule has 0 unspecified atom stereocenters. The maximum atomic E-state index is 12.7. The number of carbonyl (C=O) groups excluding carboxylic acids is 1. The lowest BCUT2D eigenvalue weighted by atomic mass is 10.1. The Balaban J connectivity index is 1.80. The van der Waals surface area contributed by atoms with Gasteiger partial charge in [-0.3, -0.25) is 9.69 Å². The summed E-state index contributed by atoms with van der Waals surface area (Å²) in [6.45, 7) is 6.61. The summed E-state index contributed by atoms with van der Waals surface area (Å²) in [5.41, 5.74) is 4.42. The van der Waals surface area contributed by atoms with Crippen LogP contribution in [0.25, 0.3) is 0 Å². The highest BCUT2D eigenvalue weighted by Gasteiger charge is 2.36. The number of ether oxygens (including phenoxy) is 1. The second kappa shape index (κ2) is 9.06. The van der Waals surface area contributed by atoms with E-state index in [4.69, 9.17) is 4.74 Å².